The number of hydrogen-bond acceptors (Lipinski definition) is 3. The molecule has 1 aliphatic rings. The Morgan fingerprint density at radius 3 is 2.35 bits per heavy atom. The minimum atomic E-state index is -0.993. The van der Waals surface area contributed by atoms with Crippen LogP contribution in [-0.4, -0.2) is 30.3 Å². The van der Waals surface area contributed by atoms with Crippen molar-refractivity contribution in [2.45, 2.75) is 26.3 Å². The van der Waals surface area contributed by atoms with E-state index in [-0.39, 0.29) is 17.8 Å². The predicted octanol–water partition coefficient (Wildman–Crippen LogP) is 1.88. The van der Waals surface area contributed by atoms with E-state index in [9.17, 15) is 18.4 Å². The minimum absolute atomic E-state index is 0.106. The Labute approximate surface area is 115 Å². The van der Waals surface area contributed by atoms with Crippen molar-refractivity contribution in [2.75, 3.05) is 18.0 Å². The largest absolute Gasteiger partial charge is 0.310 e. The van der Waals surface area contributed by atoms with Crippen LogP contribution in [0, 0.1) is 11.6 Å². The molecule has 6 heteroatoms. The first-order valence-electron chi connectivity index (χ1n) is 6.31. The van der Waals surface area contributed by atoms with Gasteiger partial charge in [-0.1, -0.05) is 0 Å². The second kappa shape index (κ2) is 4.94. The van der Waals surface area contributed by atoms with E-state index in [0.717, 1.165) is 17.0 Å². The summed E-state index contributed by atoms with van der Waals surface area (Å²) >= 11 is 0. The zero-order valence-electron chi connectivity index (χ0n) is 11.6. The number of nitrogens with one attached hydrogen (secondary N) is 1. The number of carbonyl (C=O) groups excluding carboxylic acids is 2. The van der Waals surface area contributed by atoms with E-state index < -0.39 is 28.9 Å². The van der Waals surface area contributed by atoms with Crippen LogP contribution in [0.15, 0.2) is 12.1 Å². The van der Waals surface area contributed by atoms with Crippen LogP contribution < -0.4 is 10.2 Å². The Balaban J connectivity index is 2.27. The molecule has 1 aromatic rings. The lowest BCUT2D eigenvalue weighted by atomic mass is 10.1. The molecular formula is C14H16F2N2O2. The van der Waals surface area contributed by atoms with E-state index in [4.69, 9.17) is 0 Å². The molecule has 0 aromatic heterocycles. The summed E-state index contributed by atoms with van der Waals surface area (Å²) in [5.74, 6) is -3.52. The van der Waals surface area contributed by atoms with Gasteiger partial charge in [0.1, 0.15) is 11.6 Å². The molecule has 0 aliphatic carbocycles. The maximum Gasteiger partial charge on any atom is 0.299 e. The standard InChI is InChI=1S/C14H16F2N2O2/c1-14(2,3)17-6-7-18-11-9(16)5-4-8(15)10(11)12(19)13(18)20/h4-5,17H,6-7H2,1-3H3. The van der Waals surface area contributed by atoms with Gasteiger partial charge >= 0.3 is 0 Å². The number of ketones is 1. The number of halogens is 2. The fraction of sp³-hybridized carbons (Fsp3) is 0.429. The monoisotopic (exact) mass is 282 g/mol. The van der Waals surface area contributed by atoms with Gasteiger partial charge in [-0.15, -0.1) is 0 Å². The van der Waals surface area contributed by atoms with E-state index >= 15 is 0 Å². The molecule has 2 rings (SSSR count). The van der Waals surface area contributed by atoms with E-state index in [1.165, 1.54) is 0 Å². The average Bonchev–Trinajstić information content (AvgIpc) is 2.58. The summed E-state index contributed by atoms with van der Waals surface area (Å²) in [7, 11) is 0. The highest BCUT2D eigenvalue weighted by Crippen LogP contribution is 2.33. The van der Waals surface area contributed by atoms with Crippen LogP contribution in [-0.2, 0) is 4.79 Å². The van der Waals surface area contributed by atoms with Gasteiger partial charge in [0, 0.05) is 18.6 Å². The molecule has 20 heavy (non-hydrogen) atoms. The van der Waals surface area contributed by atoms with Gasteiger partial charge in [0.25, 0.3) is 11.7 Å². The van der Waals surface area contributed by atoms with Gasteiger partial charge < -0.3 is 10.2 Å². The Hall–Kier alpha value is -1.82. The van der Waals surface area contributed by atoms with Crippen LogP contribution >= 0.6 is 0 Å². The predicted molar refractivity (Wildman–Crippen MR) is 70.8 cm³/mol. The van der Waals surface area contributed by atoms with E-state index in [1.807, 2.05) is 20.8 Å². The summed E-state index contributed by atoms with van der Waals surface area (Å²) in [6, 6.07) is 1.78. The molecule has 0 radical (unpaired) electrons. The summed E-state index contributed by atoms with van der Waals surface area (Å²) in [4.78, 5) is 24.6. The molecule has 0 fully saturated rings. The molecule has 0 saturated carbocycles. The zero-order chi connectivity index (χ0) is 15.1. The molecule has 0 unspecified atom stereocenters. The quantitative estimate of drug-likeness (QED) is 0.861. The number of amides is 1. The maximum atomic E-state index is 13.8. The topological polar surface area (TPSA) is 49.4 Å². The smallest absolute Gasteiger partial charge is 0.299 e. The summed E-state index contributed by atoms with van der Waals surface area (Å²) in [5, 5.41) is 3.13. The van der Waals surface area contributed by atoms with Crippen LogP contribution in [0.25, 0.3) is 0 Å². The Kier molecular flexibility index (Phi) is 3.60. The number of nitrogens with zero attached hydrogens (tertiary/aromatic N) is 1. The number of rotatable bonds is 3. The third kappa shape index (κ3) is 2.56. The highest BCUT2D eigenvalue weighted by atomic mass is 19.1. The fourth-order valence-electron chi connectivity index (χ4n) is 2.11. The van der Waals surface area contributed by atoms with Crippen molar-refractivity contribution in [3.63, 3.8) is 0 Å². The van der Waals surface area contributed by atoms with E-state index in [2.05, 4.69) is 5.32 Å². The maximum absolute atomic E-state index is 13.8. The third-order valence-electron chi connectivity index (χ3n) is 3.00. The molecule has 1 heterocycles. The summed E-state index contributed by atoms with van der Waals surface area (Å²) in [6.45, 7) is 6.31. The van der Waals surface area contributed by atoms with Crippen LogP contribution in [0.4, 0.5) is 14.5 Å². The fourth-order valence-corrected chi connectivity index (χ4v) is 2.11. The normalized spacial score (nSPS) is 14.9. The highest BCUT2D eigenvalue weighted by Gasteiger charge is 2.40. The van der Waals surface area contributed by atoms with Gasteiger partial charge in [-0.05, 0) is 32.9 Å². The molecule has 0 bridgehead atoms. The third-order valence-corrected chi connectivity index (χ3v) is 3.00. The SMILES string of the molecule is CC(C)(C)NCCN1C(=O)C(=O)c2c(F)ccc(F)c21. The second-order valence-corrected chi connectivity index (χ2v) is 5.72. The molecule has 1 N–H and O–H groups in total. The van der Waals surface area contributed by atoms with Gasteiger partial charge in [0.2, 0.25) is 0 Å². The lowest BCUT2D eigenvalue weighted by molar-refractivity contribution is -0.114. The van der Waals surface area contributed by atoms with Crippen LogP contribution in [0.5, 0.6) is 0 Å². The molecule has 1 aliphatic heterocycles. The first kappa shape index (κ1) is 14.6. The van der Waals surface area contributed by atoms with Crippen molar-refractivity contribution in [3.8, 4) is 0 Å². The van der Waals surface area contributed by atoms with Crippen molar-refractivity contribution in [1.82, 2.24) is 5.32 Å². The molecular weight excluding hydrogens is 266 g/mol. The van der Waals surface area contributed by atoms with Crippen molar-refractivity contribution in [2.24, 2.45) is 0 Å². The van der Waals surface area contributed by atoms with Crippen molar-refractivity contribution >= 4 is 17.4 Å². The second-order valence-electron chi connectivity index (χ2n) is 5.72. The van der Waals surface area contributed by atoms with E-state index in [1.54, 1.807) is 0 Å². The Morgan fingerprint density at radius 2 is 1.75 bits per heavy atom. The number of fused-ring (bicyclic) bond motifs is 1. The van der Waals surface area contributed by atoms with Gasteiger partial charge in [0.15, 0.2) is 0 Å². The Morgan fingerprint density at radius 1 is 1.15 bits per heavy atom. The highest BCUT2D eigenvalue weighted by molar-refractivity contribution is 6.52. The molecule has 4 nitrogen and oxygen atoms in total. The van der Waals surface area contributed by atoms with Gasteiger partial charge in [0.05, 0.1) is 11.3 Å². The van der Waals surface area contributed by atoms with Gasteiger partial charge in [-0.25, -0.2) is 8.78 Å². The summed E-state index contributed by atoms with van der Waals surface area (Å²) < 4.78 is 27.4. The minimum Gasteiger partial charge on any atom is -0.310 e. The molecule has 108 valence electrons. The Bertz CT molecular complexity index is 579. The van der Waals surface area contributed by atoms with Gasteiger partial charge in [-0.3, -0.25) is 9.59 Å². The van der Waals surface area contributed by atoms with Gasteiger partial charge in [-0.2, -0.15) is 0 Å². The lowest BCUT2D eigenvalue weighted by Gasteiger charge is -2.23. The van der Waals surface area contributed by atoms with Crippen molar-refractivity contribution in [1.29, 1.82) is 0 Å². The number of Topliss-reactive ketones (excluding diaryl/α,β-unsaturated/α-hetero) is 1. The summed E-state index contributed by atoms with van der Waals surface area (Å²) in [5.41, 5.74) is -0.891. The average molecular weight is 282 g/mol. The lowest BCUT2D eigenvalue weighted by Crippen LogP contribution is -2.43. The van der Waals surface area contributed by atoms with Crippen LogP contribution in [0.3, 0.4) is 0 Å². The number of benzene rings is 1. The van der Waals surface area contributed by atoms with Crippen LogP contribution in [0.1, 0.15) is 31.1 Å². The molecule has 0 saturated heterocycles. The van der Waals surface area contributed by atoms with Crippen molar-refractivity contribution in [3.05, 3.63) is 29.3 Å². The zero-order valence-corrected chi connectivity index (χ0v) is 11.6. The first-order valence-corrected chi connectivity index (χ1v) is 6.31. The molecule has 0 spiro atoms. The van der Waals surface area contributed by atoms with Crippen LogP contribution in [0.2, 0.25) is 0 Å². The molecule has 1 amide bonds. The molecule has 1 aromatic carbocycles. The molecule has 0 atom stereocenters. The number of anilines is 1. The summed E-state index contributed by atoms with van der Waals surface area (Å²) in [6.07, 6.45) is 0. The first-order chi connectivity index (χ1) is 9.22. The number of hydrogen-bond donors (Lipinski definition) is 1. The van der Waals surface area contributed by atoms with E-state index in [0.29, 0.717) is 6.54 Å². The number of carbonyl (C=O) groups is 2. The van der Waals surface area contributed by atoms with Crippen molar-refractivity contribution < 1.29 is 18.4 Å².